The van der Waals surface area contributed by atoms with Gasteiger partial charge < -0.3 is 11.1 Å². The molecule has 0 spiro atoms. The minimum absolute atomic E-state index is 0.137. The summed E-state index contributed by atoms with van der Waals surface area (Å²) in [7, 11) is 0. The van der Waals surface area contributed by atoms with Crippen LogP contribution in [0.3, 0.4) is 0 Å². The average Bonchev–Trinajstić information content (AvgIpc) is 2.08. The lowest BCUT2D eigenvalue weighted by Gasteiger charge is -2.09. The summed E-state index contributed by atoms with van der Waals surface area (Å²) in [5, 5.41) is 2.93. The van der Waals surface area contributed by atoms with Crippen molar-refractivity contribution in [1.29, 1.82) is 0 Å². The number of hydrogen-bond acceptors (Lipinski definition) is 1. The molecule has 1 aromatic carbocycles. The Morgan fingerprint density at radius 3 is 2.67 bits per heavy atom. The highest BCUT2D eigenvalue weighted by Crippen LogP contribution is 2.15. The summed E-state index contributed by atoms with van der Waals surface area (Å²) in [6, 6.07) is 4.62. The van der Waals surface area contributed by atoms with E-state index in [1.165, 1.54) is 12.1 Å². The Hall–Kier alpha value is -1.58. The highest BCUT2D eigenvalue weighted by Gasteiger charge is 2.01. The number of guanidine groups is 1. The van der Waals surface area contributed by atoms with E-state index < -0.39 is 0 Å². The molecule has 0 radical (unpaired) electrons. The van der Waals surface area contributed by atoms with Gasteiger partial charge in [0.25, 0.3) is 0 Å². The molecule has 0 heterocycles. The summed E-state index contributed by atoms with van der Waals surface area (Å²) in [6.45, 7) is 5.69. The van der Waals surface area contributed by atoms with Gasteiger partial charge >= 0.3 is 0 Å². The lowest BCUT2D eigenvalue weighted by molar-refractivity contribution is 0.627. The third-order valence-corrected chi connectivity index (χ3v) is 1.85. The van der Waals surface area contributed by atoms with Crippen molar-refractivity contribution in [3.05, 3.63) is 29.6 Å². The van der Waals surface area contributed by atoms with Crippen molar-refractivity contribution in [3.63, 3.8) is 0 Å². The van der Waals surface area contributed by atoms with Crippen molar-refractivity contribution in [2.45, 2.75) is 26.8 Å². The van der Waals surface area contributed by atoms with Gasteiger partial charge in [0, 0.05) is 11.7 Å². The van der Waals surface area contributed by atoms with E-state index in [4.69, 9.17) is 5.73 Å². The first-order chi connectivity index (χ1) is 6.99. The molecule has 0 bridgehead atoms. The van der Waals surface area contributed by atoms with Gasteiger partial charge in [-0.2, -0.15) is 0 Å². The number of nitrogens with zero attached hydrogens (tertiary/aromatic N) is 1. The Bertz CT molecular complexity index is 372. The van der Waals surface area contributed by atoms with Gasteiger partial charge in [-0.15, -0.1) is 0 Å². The lowest BCUT2D eigenvalue weighted by Crippen LogP contribution is -2.24. The quantitative estimate of drug-likeness (QED) is 0.580. The first-order valence-corrected chi connectivity index (χ1v) is 4.85. The van der Waals surface area contributed by atoms with Crippen LogP contribution in [0.4, 0.5) is 10.1 Å². The Morgan fingerprint density at radius 2 is 2.13 bits per heavy atom. The van der Waals surface area contributed by atoms with Gasteiger partial charge in [0.1, 0.15) is 5.82 Å². The van der Waals surface area contributed by atoms with E-state index >= 15 is 0 Å². The largest absolute Gasteiger partial charge is 0.370 e. The molecule has 82 valence electrons. The van der Waals surface area contributed by atoms with Gasteiger partial charge in [0.15, 0.2) is 5.96 Å². The molecule has 0 aliphatic rings. The van der Waals surface area contributed by atoms with Gasteiger partial charge in [-0.3, -0.25) is 4.99 Å². The van der Waals surface area contributed by atoms with Crippen LogP contribution >= 0.6 is 0 Å². The number of aryl methyl sites for hydroxylation is 1. The number of halogens is 1. The van der Waals surface area contributed by atoms with Crippen molar-refractivity contribution in [1.82, 2.24) is 0 Å². The molecular formula is C11H16FN3. The van der Waals surface area contributed by atoms with E-state index in [1.807, 2.05) is 20.8 Å². The summed E-state index contributed by atoms with van der Waals surface area (Å²) in [5.74, 6) is 0.0946. The molecule has 0 atom stereocenters. The molecule has 0 unspecified atom stereocenters. The number of rotatable bonds is 2. The van der Waals surface area contributed by atoms with Crippen molar-refractivity contribution < 1.29 is 4.39 Å². The topological polar surface area (TPSA) is 50.4 Å². The highest BCUT2D eigenvalue weighted by molar-refractivity contribution is 5.93. The Labute approximate surface area is 89.2 Å². The number of nitrogens with one attached hydrogen (secondary N) is 1. The van der Waals surface area contributed by atoms with Gasteiger partial charge in [0.05, 0.1) is 0 Å². The van der Waals surface area contributed by atoms with Crippen LogP contribution in [0.1, 0.15) is 19.4 Å². The minimum atomic E-state index is -0.252. The smallest absolute Gasteiger partial charge is 0.193 e. The lowest BCUT2D eigenvalue weighted by atomic mass is 10.2. The SMILES string of the molecule is Cc1cc(F)ccc1NC(N)=NC(C)C. The zero-order chi connectivity index (χ0) is 11.4. The summed E-state index contributed by atoms with van der Waals surface area (Å²) in [5.41, 5.74) is 7.24. The third kappa shape index (κ3) is 3.58. The molecule has 0 amide bonds. The number of anilines is 1. The number of aliphatic imine (C=N–C) groups is 1. The van der Waals surface area contributed by atoms with Crippen LogP contribution in [-0.4, -0.2) is 12.0 Å². The van der Waals surface area contributed by atoms with E-state index in [2.05, 4.69) is 10.3 Å². The van der Waals surface area contributed by atoms with Crippen molar-refractivity contribution in [2.24, 2.45) is 10.7 Å². The highest BCUT2D eigenvalue weighted by atomic mass is 19.1. The van der Waals surface area contributed by atoms with Gasteiger partial charge in [-0.25, -0.2) is 4.39 Å². The van der Waals surface area contributed by atoms with E-state index in [-0.39, 0.29) is 11.9 Å². The standard InChI is InChI=1S/C11H16FN3/c1-7(2)14-11(13)15-10-5-4-9(12)6-8(10)3/h4-7H,1-3H3,(H3,13,14,15). The van der Waals surface area contributed by atoms with Crippen molar-refractivity contribution >= 4 is 11.6 Å². The predicted octanol–water partition coefficient (Wildman–Crippen LogP) is 2.27. The minimum Gasteiger partial charge on any atom is -0.370 e. The Kier molecular flexibility index (Phi) is 3.66. The average molecular weight is 209 g/mol. The second kappa shape index (κ2) is 4.77. The molecule has 0 fully saturated rings. The van der Waals surface area contributed by atoms with Crippen LogP contribution in [-0.2, 0) is 0 Å². The van der Waals surface area contributed by atoms with Gasteiger partial charge in [-0.05, 0) is 44.5 Å². The van der Waals surface area contributed by atoms with Crippen LogP contribution in [0.5, 0.6) is 0 Å². The van der Waals surface area contributed by atoms with E-state index in [1.54, 1.807) is 6.07 Å². The zero-order valence-corrected chi connectivity index (χ0v) is 9.21. The zero-order valence-electron chi connectivity index (χ0n) is 9.21. The number of hydrogen-bond donors (Lipinski definition) is 2. The molecule has 1 rings (SSSR count). The maximum absolute atomic E-state index is 12.8. The molecular weight excluding hydrogens is 193 g/mol. The summed E-state index contributed by atoms with van der Waals surface area (Å²) >= 11 is 0. The molecule has 3 N–H and O–H groups in total. The second-order valence-electron chi connectivity index (χ2n) is 3.69. The first-order valence-electron chi connectivity index (χ1n) is 4.85. The third-order valence-electron chi connectivity index (χ3n) is 1.85. The monoisotopic (exact) mass is 209 g/mol. The normalized spacial score (nSPS) is 11.9. The predicted molar refractivity (Wildman–Crippen MR) is 61.5 cm³/mol. The molecule has 4 heteroatoms. The summed E-state index contributed by atoms with van der Waals surface area (Å²) in [6.07, 6.45) is 0. The Morgan fingerprint density at radius 1 is 1.47 bits per heavy atom. The molecule has 0 aliphatic carbocycles. The summed E-state index contributed by atoms with van der Waals surface area (Å²) in [4.78, 5) is 4.13. The fourth-order valence-corrected chi connectivity index (χ4v) is 1.22. The van der Waals surface area contributed by atoms with Gasteiger partial charge in [-0.1, -0.05) is 0 Å². The molecule has 3 nitrogen and oxygen atoms in total. The molecule has 15 heavy (non-hydrogen) atoms. The fraction of sp³-hybridized carbons (Fsp3) is 0.364. The fourth-order valence-electron chi connectivity index (χ4n) is 1.22. The van der Waals surface area contributed by atoms with E-state index in [0.717, 1.165) is 11.3 Å². The molecule has 0 aliphatic heterocycles. The number of nitrogens with two attached hydrogens (primary N) is 1. The van der Waals surface area contributed by atoms with Crippen LogP contribution in [0.2, 0.25) is 0 Å². The summed E-state index contributed by atoms with van der Waals surface area (Å²) < 4.78 is 12.8. The van der Waals surface area contributed by atoms with E-state index in [0.29, 0.717) is 5.96 Å². The van der Waals surface area contributed by atoms with Gasteiger partial charge in [0.2, 0.25) is 0 Å². The van der Waals surface area contributed by atoms with Crippen LogP contribution in [0, 0.1) is 12.7 Å². The van der Waals surface area contributed by atoms with Crippen LogP contribution < -0.4 is 11.1 Å². The molecule has 0 saturated carbocycles. The molecule has 1 aromatic rings. The number of benzene rings is 1. The molecule has 0 aromatic heterocycles. The van der Waals surface area contributed by atoms with Crippen molar-refractivity contribution in [2.75, 3.05) is 5.32 Å². The molecule has 0 saturated heterocycles. The Balaban J connectivity index is 2.81. The van der Waals surface area contributed by atoms with Crippen LogP contribution in [0.25, 0.3) is 0 Å². The van der Waals surface area contributed by atoms with Crippen molar-refractivity contribution in [3.8, 4) is 0 Å². The maximum atomic E-state index is 12.8. The van der Waals surface area contributed by atoms with Crippen LogP contribution in [0.15, 0.2) is 23.2 Å². The maximum Gasteiger partial charge on any atom is 0.193 e. The van der Waals surface area contributed by atoms with E-state index in [9.17, 15) is 4.39 Å². The first kappa shape index (κ1) is 11.5. The second-order valence-corrected chi connectivity index (χ2v) is 3.69.